The molecule has 22 heavy (non-hydrogen) atoms. The summed E-state index contributed by atoms with van der Waals surface area (Å²) < 4.78 is 43.8. The Bertz CT molecular complexity index is 687. The summed E-state index contributed by atoms with van der Waals surface area (Å²) in [6.07, 6.45) is -3.88. The maximum Gasteiger partial charge on any atom is 0.417 e. The first-order valence-corrected chi connectivity index (χ1v) is 6.37. The van der Waals surface area contributed by atoms with E-state index in [1.165, 1.54) is 31.4 Å². The molecule has 2 aromatic rings. The van der Waals surface area contributed by atoms with Gasteiger partial charge in [-0.25, -0.2) is 4.98 Å². The Balaban J connectivity index is 2.34. The van der Waals surface area contributed by atoms with E-state index in [9.17, 15) is 18.0 Å². The molecule has 8 heteroatoms. The number of nitrogens with one attached hydrogen (secondary N) is 1. The highest BCUT2D eigenvalue weighted by molar-refractivity contribution is 6.30. The van der Waals surface area contributed by atoms with Crippen LogP contribution in [0.15, 0.2) is 36.5 Å². The SMILES string of the molecule is COc1cc(C(F)(F)F)c(C(=O)Nc2ccc(Cl)cc2)cn1. The summed E-state index contributed by atoms with van der Waals surface area (Å²) >= 11 is 5.70. The van der Waals surface area contributed by atoms with Gasteiger partial charge in [0.25, 0.3) is 5.91 Å². The molecular formula is C14H10ClF3N2O2. The number of alkyl halides is 3. The summed E-state index contributed by atoms with van der Waals surface area (Å²) in [6.45, 7) is 0. The van der Waals surface area contributed by atoms with Crippen LogP contribution in [0.5, 0.6) is 5.88 Å². The van der Waals surface area contributed by atoms with E-state index in [0.29, 0.717) is 16.8 Å². The molecular weight excluding hydrogens is 321 g/mol. The fourth-order valence-electron chi connectivity index (χ4n) is 1.69. The van der Waals surface area contributed by atoms with Gasteiger partial charge in [0.05, 0.1) is 18.2 Å². The number of nitrogens with zero attached hydrogens (tertiary/aromatic N) is 1. The molecule has 0 bridgehead atoms. The van der Waals surface area contributed by atoms with Gasteiger partial charge in [-0.2, -0.15) is 13.2 Å². The number of hydrogen-bond acceptors (Lipinski definition) is 3. The Morgan fingerprint density at radius 3 is 2.45 bits per heavy atom. The minimum absolute atomic E-state index is 0.227. The predicted molar refractivity (Wildman–Crippen MR) is 75.2 cm³/mol. The molecule has 0 spiro atoms. The van der Waals surface area contributed by atoms with Gasteiger partial charge in [0, 0.05) is 23.0 Å². The molecule has 0 saturated carbocycles. The summed E-state index contributed by atoms with van der Waals surface area (Å²) in [5.74, 6) is -1.15. The van der Waals surface area contributed by atoms with E-state index in [1.54, 1.807) is 0 Å². The molecule has 0 aliphatic carbocycles. The van der Waals surface area contributed by atoms with Gasteiger partial charge in [-0.15, -0.1) is 0 Å². The number of benzene rings is 1. The molecule has 116 valence electrons. The zero-order chi connectivity index (χ0) is 16.3. The molecule has 4 nitrogen and oxygen atoms in total. The van der Waals surface area contributed by atoms with Gasteiger partial charge in [-0.05, 0) is 24.3 Å². The Kier molecular flexibility index (Phi) is 4.56. The van der Waals surface area contributed by atoms with Crippen LogP contribution in [0, 0.1) is 0 Å². The molecule has 0 aliphatic heterocycles. The minimum Gasteiger partial charge on any atom is -0.481 e. The average Bonchev–Trinajstić information content (AvgIpc) is 2.48. The molecule has 0 fully saturated rings. The number of halogens is 4. The second-order valence-corrected chi connectivity index (χ2v) is 4.67. The van der Waals surface area contributed by atoms with Crippen molar-refractivity contribution in [3.63, 3.8) is 0 Å². The van der Waals surface area contributed by atoms with Crippen LogP contribution in [0.2, 0.25) is 5.02 Å². The third kappa shape index (κ3) is 3.67. The fourth-order valence-corrected chi connectivity index (χ4v) is 1.82. The molecule has 0 unspecified atom stereocenters. The van der Waals surface area contributed by atoms with E-state index in [1.807, 2.05) is 0 Å². The summed E-state index contributed by atoms with van der Waals surface area (Å²) in [6, 6.07) is 6.65. The number of rotatable bonds is 3. The number of carbonyl (C=O) groups is 1. The predicted octanol–water partition coefficient (Wildman–Crippen LogP) is 4.01. The van der Waals surface area contributed by atoms with Crippen molar-refractivity contribution in [1.29, 1.82) is 0 Å². The molecule has 1 aromatic heterocycles. The van der Waals surface area contributed by atoms with E-state index in [4.69, 9.17) is 11.6 Å². The molecule has 0 radical (unpaired) electrons. The van der Waals surface area contributed by atoms with Crippen LogP contribution >= 0.6 is 11.6 Å². The Labute approximate surface area is 128 Å². The lowest BCUT2D eigenvalue weighted by atomic mass is 10.1. The van der Waals surface area contributed by atoms with E-state index < -0.39 is 23.2 Å². The van der Waals surface area contributed by atoms with Crippen molar-refractivity contribution in [2.24, 2.45) is 0 Å². The summed E-state index contributed by atoms with van der Waals surface area (Å²) in [5.41, 5.74) is -1.40. The van der Waals surface area contributed by atoms with Gasteiger partial charge in [0.2, 0.25) is 5.88 Å². The zero-order valence-electron chi connectivity index (χ0n) is 11.2. The quantitative estimate of drug-likeness (QED) is 0.925. The van der Waals surface area contributed by atoms with Gasteiger partial charge in [-0.1, -0.05) is 11.6 Å². The molecule has 1 amide bonds. The number of pyridine rings is 1. The Morgan fingerprint density at radius 2 is 1.91 bits per heavy atom. The largest absolute Gasteiger partial charge is 0.481 e. The number of methoxy groups -OCH3 is 1. The zero-order valence-corrected chi connectivity index (χ0v) is 12.0. The normalized spacial score (nSPS) is 11.1. The van der Waals surface area contributed by atoms with Crippen LogP contribution in [0.25, 0.3) is 0 Å². The maximum absolute atomic E-state index is 13.0. The van der Waals surface area contributed by atoms with Crippen molar-refractivity contribution in [1.82, 2.24) is 4.98 Å². The van der Waals surface area contributed by atoms with Crippen LogP contribution in [0.1, 0.15) is 15.9 Å². The molecule has 1 N–H and O–H groups in total. The van der Waals surface area contributed by atoms with Crippen LogP contribution in [0.3, 0.4) is 0 Å². The molecule has 2 rings (SSSR count). The highest BCUT2D eigenvalue weighted by atomic mass is 35.5. The van der Waals surface area contributed by atoms with Gasteiger partial charge in [-0.3, -0.25) is 4.79 Å². The van der Waals surface area contributed by atoms with Crippen LogP contribution in [0.4, 0.5) is 18.9 Å². The first kappa shape index (κ1) is 16.1. The first-order chi connectivity index (χ1) is 10.3. The van der Waals surface area contributed by atoms with Gasteiger partial charge < -0.3 is 10.1 Å². The van der Waals surface area contributed by atoms with E-state index in [2.05, 4.69) is 15.0 Å². The average molecular weight is 331 g/mol. The molecule has 0 aliphatic rings. The number of hydrogen-bond donors (Lipinski definition) is 1. The van der Waals surface area contributed by atoms with Crippen LogP contribution < -0.4 is 10.1 Å². The van der Waals surface area contributed by atoms with E-state index in [-0.39, 0.29) is 5.88 Å². The Morgan fingerprint density at radius 1 is 1.27 bits per heavy atom. The first-order valence-electron chi connectivity index (χ1n) is 5.99. The monoisotopic (exact) mass is 330 g/mol. The molecule has 1 aromatic carbocycles. The molecule has 1 heterocycles. The Hall–Kier alpha value is -2.28. The van der Waals surface area contributed by atoms with E-state index >= 15 is 0 Å². The third-order valence-electron chi connectivity index (χ3n) is 2.74. The van der Waals surface area contributed by atoms with Crippen LogP contribution in [-0.4, -0.2) is 18.0 Å². The number of amides is 1. The summed E-state index contributed by atoms with van der Waals surface area (Å²) in [4.78, 5) is 15.7. The van der Waals surface area contributed by atoms with E-state index in [0.717, 1.165) is 6.20 Å². The van der Waals surface area contributed by atoms with Crippen molar-refractivity contribution >= 4 is 23.2 Å². The maximum atomic E-state index is 13.0. The fraction of sp³-hybridized carbons (Fsp3) is 0.143. The van der Waals surface area contributed by atoms with Crippen LogP contribution in [-0.2, 0) is 6.18 Å². The molecule has 0 saturated heterocycles. The number of aromatic nitrogens is 1. The minimum atomic E-state index is -4.71. The second-order valence-electron chi connectivity index (χ2n) is 4.23. The lowest BCUT2D eigenvalue weighted by Gasteiger charge is -2.13. The lowest BCUT2D eigenvalue weighted by Crippen LogP contribution is -2.19. The topological polar surface area (TPSA) is 51.2 Å². The van der Waals surface area contributed by atoms with Crippen molar-refractivity contribution < 1.29 is 22.7 Å². The van der Waals surface area contributed by atoms with Crippen molar-refractivity contribution in [3.8, 4) is 5.88 Å². The van der Waals surface area contributed by atoms with Gasteiger partial charge in [0.1, 0.15) is 0 Å². The number of anilines is 1. The number of ether oxygens (including phenoxy) is 1. The second kappa shape index (κ2) is 6.23. The van der Waals surface area contributed by atoms with Gasteiger partial charge >= 0.3 is 6.18 Å². The van der Waals surface area contributed by atoms with Crippen molar-refractivity contribution in [2.45, 2.75) is 6.18 Å². The standard InChI is InChI=1S/C14H10ClF3N2O2/c1-22-12-6-11(14(16,17)18)10(7-19-12)13(21)20-9-4-2-8(15)3-5-9/h2-7H,1H3,(H,20,21). The molecule has 0 atom stereocenters. The smallest absolute Gasteiger partial charge is 0.417 e. The van der Waals surface area contributed by atoms with Gasteiger partial charge in [0.15, 0.2) is 0 Å². The summed E-state index contributed by atoms with van der Waals surface area (Å²) in [5, 5.41) is 2.80. The third-order valence-corrected chi connectivity index (χ3v) is 2.99. The van der Waals surface area contributed by atoms with Crippen molar-refractivity contribution in [3.05, 3.63) is 52.7 Å². The summed E-state index contributed by atoms with van der Waals surface area (Å²) in [7, 11) is 1.19. The number of carbonyl (C=O) groups excluding carboxylic acids is 1. The lowest BCUT2D eigenvalue weighted by molar-refractivity contribution is -0.138. The highest BCUT2D eigenvalue weighted by Crippen LogP contribution is 2.33. The van der Waals surface area contributed by atoms with Crippen molar-refractivity contribution in [2.75, 3.05) is 12.4 Å². The highest BCUT2D eigenvalue weighted by Gasteiger charge is 2.36.